The summed E-state index contributed by atoms with van der Waals surface area (Å²) in [5.74, 6) is -0.249. The molecule has 0 aliphatic heterocycles. The lowest BCUT2D eigenvalue weighted by atomic mass is 10.0. The van der Waals surface area contributed by atoms with Crippen molar-refractivity contribution in [3.05, 3.63) is 59.0 Å². The van der Waals surface area contributed by atoms with E-state index in [-0.39, 0.29) is 17.1 Å². The lowest BCUT2D eigenvalue weighted by Gasteiger charge is -2.23. The quantitative estimate of drug-likeness (QED) is 0.830. The van der Waals surface area contributed by atoms with Crippen LogP contribution in [0.3, 0.4) is 0 Å². The van der Waals surface area contributed by atoms with E-state index in [2.05, 4.69) is 4.98 Å². The van der Waals surface area contributed by atoms with Crippen molar-refractivity contribution >= 4 is 23.4 Å². The lowest BCUT2D eigenvalue weighted by Crippen LogP contribution is -2.26. The number of hydrogen-bond donors (Lipinski definition) is 1. The number of aromatic nitrogens is 1. The molecule has 20 heavy (non-hydrogen) atoms. The first kappa shape index (κ1) is 15.3. The molecule has 0 saturated carbocycles. The molecule has 0 amide bonds. The molecule has 1 heterocycles. The number of benzene rings is 1. The summed E-state index contributed by atoms with van der Waals surface area (Å²) in [7, 11) is 0. The van der Waals surface area contributed by atoms with Crippen molar-refractivity contribution in [3.63, 3.8) is 0 Å². The van der Waals surface area contributed by atoms with Gasteiger partial charge < -0.3 is 5.73 Å². The Labute approximate surface area is 127 Å². The highest BCUT2D eigenvalue weighted by Crippen LogP contribution is 2.40. The third-order valence-corrected chi connectivity index (χ3v) is 4.86. The van der Waals surface area contributed by atoms with Gasteiger partial charge in [0.1, 0.15) is 10.8 Å². The molecule has 2 atom stereocenters. The van der Waals surface area contributed by atoms with Gasteiger partial charge in [-0.1, -0.05) is 48.5 Å². The van der Waals surface area contributed by atoms with Gasteiger partial charge in [0, 0.05) is 17.8 Å². The molecule has 1 aromatic carbocycles. The molecule has 0 spiro atoms. The maximum atomic E-state index is 14.0. The van der Waals surface area contributed by atoms with Crippen LogP contribution in [-0.2, 0) is 0 Å². The molecule has 106 valence electrons. The van der Waals surface area contributed by atoms with Crippen molar-refractivity contribution in [2.75, 3.05) is 0 Å². The fourth-order valence-corrected chi connectivity index (χ4v) is 3.36. The van der Waals surface area contributed by atoms with Gasteiger partial charge in [-0.15, -0.1) is 0 Å². The van der Waals surface area contributed by atoms with Crippen molar-refractivity contribution in [2.45, 2.75) is 29.7 Å². The van der Waals surface area contributed by atoms with Crippen LogP contribution in [0.1, 0.15) is 24.2 Å². The summed E-state index contributed by atoms with van der Waals surface area (Å²) in [5.41, 5.74) is 6.75. The highest BCUT2D eigenvalue weighted by molar-refractivity contribution is 7.99. The van der Waals surface area contributed by atoms with E-state index < -0.39 is 0 Å². The molecule has 2 nitrogen and oxygen atoms in total. The summed E-state index contributed by atoms with van der Waals surface area (Å²) >= 11 is 7.53. The molecule has 0 radical (unpaired) electrons. The Kier molecular flexibility index (Phi) is 5.40. The van der Waals surface area contributed by atoms with Crippen molar-refractivity contribution < 1.29 is 4.39 Å². The van der Waals surface area contributed by atoms with Crippen molar-refractivity contribution in [3.8, 4) is 0 Å². The van der Waals surface area contributed by atoms with Gasteiger partial charge >= 0.3 is 0 Å². The second kappa shape index (κ2) is 7.07. The summed E-state index contributed by atoms with van der Waals surface area (Å²) < 4.78 is 14.0. The molecule has 0 bridgehead atoms. The number of thioether (sulfide) groups is 1. The average molecular weight is 311 g/mol. The minimum Gasteiger partial charge on any atom is -0.326 e. The van der Waals surface area contributed by atoms with E-state index in [0.29, 0.717) is 15.6 Å². The third kappa shape index (κ3) is 3.51. The predicted octanol–water partition coefficient (Wildman–Crippen LogP) is 4.44. The van der Waals surface area contributed by atoms with E-state index in [1.54, 1.807) is 30.5 Å². The normalized spacial score (nSPS) is 14.0. The first-order valence-corrected chi connectivity index (χ1v) is 7.66. The lowest BCUT2D eigenvalue weighted by molar-refractivity contribution is 0.572. The van der Waals surface area contributed by atoms with E-state index >= 15 is 0 Å². The maximum Gasteiger partial charge on any atom is 0.127 e. The van der Waals surface area contributed by atoms with Gasteiger partial charge in [-0.25, -0.2) is 9.37 Å². The number of hydrogen-bond acceptors (Lipinski definition) is 3. The van der Waals surface area contributed by atoms with E-state index in [9.17, 15) is 4.39 Å². The number of nitrogens with two attached hydrogens (primary N) is 1. The molecular formula is C15H16ClFN2S. The topological polar surface area (TPSA) is 38.9 Å². The number of halogens is 2. The van der Waals surface area contributed by atoms with Gasteiger partial charge in [-0.3, -0.25) is 0 Å². The van der Waals surface area contributed by atoms with Crippen LogP contribution in [0.15, 0.2) is 47.6 Å². The first-order valence-electron chi connectivity index (χ1n) is 6.40. The second-order valence-electron chi connectivity index (χ2n) is 4.42. The van der Waals surface area contributed by atoms with Crippen molar-refractivity contribution in [1.82, 2.24) is 4.98 Å². The summed E-state index contributed by atoms with van der Waals surface area (Å²) in [6.07, 6.45) is 2.42. The van der Waals surface area contributed by atoms with Gasteiger partial charge in [0.05, 0.1) is 10.3 Å². The minimum atomic E-state index is -0.249. The highest BCUT2D eigenvalue weighted by atomic mass is 35.5. The van der Waals surface area contributed by atoms with Crippen LogP contribution in [-0.4, -0.2) is 11.0 Å². The zero-order valence-corrected chi connectivity index (χ0v) is 12.7. The second-order valence-corrected chi connectivity index (χ2v) is 5.96. The molecule has 0 aliphatic rings. The van der Waals surface area contributed by atoms with E-state index in [4.69, 9.17) is 17.3 Å². The Balaban J connectivity index is 2.35. The van der Waals surface area contributed by atoms with Crippen LogP contribution in [0.4, 0.5) is 4.39 Å². The van der Waals surface area contributed by atoms with E-state index in [0.717, 1.165) is 6.42 Å². The van der Waals surface area contributed by atoms with Crippen LogP contribution in [0, 0.1) is 5.82 Å². The Morgan fingerprint density at radius 1 is 1.30 bits per heavy atom. The number of rotatable bonds is 5. The van der Waals surface area contributed by atoms with Gasteiger partial charge in [-0.2, -0.15) is 0 Å². The summed E-state index contributed by atoms with van der Waals surface area (Å²) in [6, 6.07) is 10.1. The Hall–Kier alpha value is -1.10. The average Bonchev–Trinajstić information content (AvgIpc) is 2.47. The van der Waals surface area contributed by atoms with E-state index in [1.807, 2.05) is 13.0 Å². The van der Waals surface area contributed by atoms with E-state index in [1.165, 1.54) is 17.8 Å². The molecule has 0 fully saturated rings. The molecule has 2 unspecified atom stereocenters. The highest BCUT2D eigenvalue weighted by Gasteiger charge is 2.24. The molecule has 5 heteroatoms. The van der Waals surface area contributed by atoms with Crippen LogP contribution >= 0.6 is 23.4 Å². The molecule has 2 N–H and O–H groups in total. The molecule has 0 aliphatic carbocycles. The fourth-order valence-electron chi connectivity index (χ4n) is 1.88. The zero-order valence-electron chi connectivity index (χ0n) is 11.1. The minimum absolute atomic E-state index is 0.171. The van der Waals surface area contributed by atoms with Crippen LogP contribution in [0.25, 0.3) is 0 Å². The first-order chi connectivity index (χ1) is 9.63. The standard InChI is InChI=1S/C15H16ClFN2S/c1-2-13(18)14(10-6-3-4-8-12(10)17)20-15-11(16)7-5-9-19-15/h3-9,13-14H,2,18H2,1H3. The third-order valence-electron chi connectivity index (χ3n) is 3.04. The zero-order chi connectivity index (χ0) is 14.5. The van der Waals surface area contributed by atoms with Crippen LogP contribution in [0.5, 0.6) is 0 Å². The van der Waals surface area contributed by atoms with Crippen LogP contribution in [0.2, 0.25) is 5.02 Å². The largest absolute Gasteiger partial charge is 0.326 e. The smallest absolute Gasteiger partial charge is 0.127 e. The van der Waals surface area contributed by atoms with Crippen molar-refractivity contribution in [2.24, 2.45) is 5.73 Å². The van der Waals surface area contributed by atoms with Crippen LogP contribution < -0.4 is 5.73 Å². The molecule has 2 rings (SSSR count). The Morgan fingerprint density at radius 3 is 2.70 bits per heavy atom. The van der Waals surface area contributed by atoms with Gasteiger partial charge in [0.15, 0.2) is 0 Å². The SMILES string of the molecule is CCC(N)C(Sc1ncccc1Cl)c1ccccc1F. The Bertz CT molecular complexity index is 579. The fraction of sp³-hybridized carbons (Fsp3) is 0.267. The maximum absolute atomic E-state index is 14.0. The predicted molar refractivity (Wildman–Crippen MR) is 82.5 cm³/mol. The molecule has 0 saturated heterocycles. The number of nitrogens with zero attached hydrogens (tertiary/aromatic N) is 1. The summed E-state index contributed by atoms with van der Waals surface area (Å²) in [6.45, 7) is 1.99. The van der Waals surface area contributed by atoms with Gasteiger partial charge in [-0.05, 0) is 24.6 Å². The van der Waals surface area contributed by atoms with Gasteiger partial charge in [0.2, 0.25) is 0 Å². The van der Waals surface area contributed by atoms with Crippen molar-refractivity contribution in [1.29, 1.82) is 0 Å². The molecule has 2 aromatic rings. The molecular weight excluding hydrogens is 295 g/mol. The summed E-state index contributed by atoms with van der Waals surface area (Å²) in [4.78, 5) is 4.24. The summed E-state index contributed by atoms with van der Waals surface area (Å²) in [5, 5.41) is 1.02. The number of pyridine rings is 1. The molecule has 1 aromatic heterocycles. The Morgan fingerprint density at radius 2 is 2.05 bits per heavy atom. The van der Waals surface area contributed by atoms with Gasteiger partial charge in [0.25, 0.3) is 0 Å². The monoisotopic (exact) mass is 310 g/mol.